The van der Waals surface area contributed by atoms with Crippen LogP contribution >= 0.6 is 11.6 Å². The fourth-order valence-corrected chi connectivity index (χ4v) is 1.93. The number of hydrogen-bond acceptors (Lipinski definition) is 3. The number of carbonyl (C=O) groups excluding carboxylic acids is 2. The van der Waals surface area contributed by atoms with Gasteiger partial charge < -0.3 is 16.0 Å². The van der Waals surface area contributed by atoms with E-state index in [1.807, 2.05) is 6.92 Å². The van der Waals surface area contributed by atoms with Crippen molar-refractivity contribution in [3.05, 3.63) is 28.8 Å². The number of nitrogens with zero attached hydrogens (tertiary/aromatic N) is 1. The lowest BCUT2D eigenvalue weighted by Crippen LogP contribution is -2.24. The molecule has 1 atom stereocenters. The van der Waals surface area contributed by atoms with E-state index in [1.165, 1.54) is 4.90 Å². The van der Waals surface area contributed by atoms with Gasteiger partial charge in [-0.15, -0.1) is 0 Å². The highest BCUT2D eigenvalue weighted by molar-refractivity contribution is 6.31. The smallest absolute Gasteiger partial charge is 0.255 e. The minimum absolute atomic E-state index is 0.148. The van der Waals surface area contributed by atoms with Gasteiger partial charge >= 0.3 is 0 Å². The molecule has 1 aromatic carbocycles. The summed E-state index contributed by atoms with van der Waals surface area (Å²) in [6.07, 6.45) is 1.07. The number of halogens is 1. The van der Waals surface area contributed by atoms with Crippen molar-refractivity contribution in [3.8, 4) is 0 Å². The minimum Gasteiger partial charge on any atom is -0.345 e. The van der Waals surface area contributed by atoms with Crippen molar-refractivity contribution in [1.82, 2.24) is 4.90 Å². The molecule has 0 saturated carbocycles. The maximum atomic E-state index is 12.1. The lowest BCUT2D eigenvalue weighted by atomic mass is 10.1. The Hall–Kier alpha value is -1.59. The Bertz CT molecular complexity index is 518. The Morgan fingerprint density at radius 1 is 1.38 bits per heavy atom. The molecule has 0 spiro atoms. The fourth-order valence-electron chi connectivity index (χ4n) is 1.76. The second-order valence-electron chi connectivity index (χ2n) is 5.32. The molecule has 0 bridgehead atoms. The summed E-state index contributed by atoms with van der Waals surface area (Å²) in [6.45, 7) is 2.54. The molecule has 1 aromatic rings. The first-order valence-corrected chi connectivity index (χ1v) is 7.24. The van der Waals surface area contributed by atoms with Crippen molar-refractivity contribution < 1.29 is 9.59 Å². The lowest BCUT2D eigenvalue weighted by molar-refractivity contribution is -0.116. The van der Waals surface area contributed by atoms with Gasteiger partial charge in [0.15, 0.2) is 0 Å². The van der Waals surface area contributed by atoms with E-state index >= 15 is 0 Å². The summed E-state index contributed by atoms with van der Waals surface area (Å²) >= 11 is 5.94. The van der Waals surface area contributed by atoms with Crippen molar-refractivity contribution in [2.75, 3.05) is 26.0 Å². The van der Waals surface area contributed by atoms with Crippen molar-refractivity contribution in [3.63, 3.8) is 0 Å². The molecular weight excluding hydrogens is 290 g/mol. The van der Waals surface area contributed by atoms with Crippen LogP contribution in [-0.2, 0) is 4.79 Å². The first-order chi connectivity index (χ1) is 9.85. The molecule has 0 fully saturated rings. The number of amides is 2. The molecular formula is C15H22ClN3O2. The third-order valence-corrected chi connectivity index (χ3v) is 3.39. The van der Waals surface area contributed by atoms with E-state index in [4.69, 9.17) is 17.3 Å². The normalized spacial score (nSPS) is 11.9. The molecule has 0 radical (unpaired) electrons. The van der Waals surface area contributed by atoms with Gasteiger partial charge in [-0.1, -0.05) is 18.5 Å². The Labute approximate surface area is 130 Å². The molecule has 21 heavy (non-hydrogen) atoms. The van der Waals surface area contributed by atoms with E-state index in [0.717, 1.165) is 0 Å². The van der Waals surface area contributed by atoms with E-state index in [-0.39, 0.29) is 17.7 Å². The second kappa shape index (κ2) is 8.00. The Morgan fingerprint density at radius 3 is 2.62 bits per heavy atom. The van der Waals surface area contributed by atoms with Gasteiger partial charge in [-0.3, -0.25) is 9.59 Å². The average molecular weight is 312 g/mol. The number of carbonyl (C=O) groups is 2. The summed E-state index contributed by atoms with van der Waals surface area (Å²) < 4.78 is 0. The molecule has 1 rings (SSSR count). The molecule has 116 valence electrons. The van der Waals surface area contributed by atoms with Crippen molar-refractivity contribution in [2.24, 2.45) is 11.7 Å². The molecule has 0 aliphatic rings. The van der Waals surface area contributed by atoms with Crippen LogP contribution in [0.2, 0.25) is 5.02 Å². The van der Waals surface area contributed by atoms with Crippen molar-refractivity contribution >= 4 is 29.1 Å². The van der Waals surface area contributed by atoms with E-state index in [9.17, 15) is 9.59 Å². The summed E-state index contributed by atoms with van der Waals surface area (Å²) in [4.78, 5) is 25.5. The van der Waals surface area contributed by atoms with Crippen LogP contribution in [-0.4, -0.2) is 37.4 Å². The van der Waals surface area contributed by atoms with Gasteiger partial charge in [0.1, 0.15) is 0 Å². The topological polar surface area (TPSA) is 75.4 Å². The van der Waals surface area contributed by atoms with Gasteiger partial charge in [-0.25, -0.2) is 0 Å². The highest BCUT2D eigenvalue weighted by atomic mass is 35.5. The van der Waals surface area contributed by atoms with Gasteiger partial charge in [-0.2, -0.15) is 0 Å². The van der Waals surface area contributed by atoms with Gasteiger partial charge in [0.25, 0.3) is 5.91 Å². The number of rotatable bonds is 6. The highest BCUT2D eigenvalue weighted by Gasteiger charge is 2.16. The number of benzene rings is 1. The second-order valence-corrected chi connectivity index (χ2v) is 5.75. The van der Waals surface area contributed by atoms with E-state index in [1.54, 1.807) is 32.3 Å². The fraction of sp³-hybridized carbons (Fsp3) is 0.467. The van der Waals surface area contributed by atoms with Crippen LogP contribution in [0.5, 0.6) is 0 Å². The van der Waals surface area contributed by atoms with E-state index in [2.05, 4.69) is 5.32 Å². The SMILES string of the molecule is CC(CN)CCC(=O)Nc1cc(Cl)ccc1C(=O)N(C)C. The van der Waals surface area contributed by atoms with E-state index < -0.39 is 0 Å². The van der Waals surface area contributed by atoms with Gasteiger partial charge in [0.05, 0.1) is 11.3 Å². The van der Waals surface area contributed by atoms with Crippen LogP contribution in [0.3, 0.4) is 0 Å². The van der Waals surface area contributed by atoms with Crippen LogP contribution in [0.25, 0.3) is 0 Å². The number of nitrogens with two attached hydrogens (primary N) is 1. The predicted molar refractivity (Wildman–Crippen MR) is 85.6 cm³/mol. The molecule has 6 heteroatoms. The molecule has 3 N–H and O–H groups in total. The Balaban J connectivity index is 2.84. The lowest BCUT2D eigenvalue weighted by Gasteiger charge is -2.15. The van der Waals surface area contributed by atoms with Gasteiger partial charge in [0.2, 0.25) is 5.91 Å². The third kappa shape index (κ3) is 5.36. The van der Waals surface area contributed by atoms with Crippen LogP contribution < -0.4 is 11.1 Å². The highest BCUT2D eigenvalue weighted by Crippen LogP contribution is 2.22. The monoisotopic (exact) mass is 311 g/mol. The molecule has 0 saturated heterocycles. The standard InChI is InChI=1S/C15H22ClN3O2/c1-10(9-17)4-7-14(20)18-13-8-11(16)5-6-12(13)15(21)19(2)3/h5-6,8,10H,4,7,9,17H2,1-3H3,(H,18,20). The summed E-state index contributed by atoms with van der Waals surface area (Å²) in [7, 11) is 3.32. The largest absolute Gasteiger partial charge is 0.345 e. The molecule has 0 aliphatic carbocycles. The summed E-state index contributed by atoms with van der Waals surface area (Å²) in [5.41, 5.74) is 6.39. The number of nitrogens with one attached hydrogen (secondary N) is 1. The predicted octanol–water partition coefficient (Wildman–Crippen LogP) is 2.36. The maximum Gasteiger partial charge on any atom is 0.255 e. The zero-order chi connectivity index (χ0) is 16.0. The van der Waals surface area contributed by atoms with Crippen LogP contribution in [0.4, 0.5) is 5.69 Å². The molecule has 1 unspecified atom stereocenters. The first-order valence-electron chi connectivity index (χ1n) is 6.86. The van der Waals surface area contributed by atoms with Gasteiger partial charge in [-0.05, 0) is 37.1 Å². The summed E-state index contributed by atoms with van der Waals surface area (Å²) in [5.74, 6) is -0.0411. The molecule has 0 heterocycles. The maximum absolute atomic E-state index is 12.1. The van der Waals surface area contributed by atoms with Crippen LogP contribution in [0.1, 0.15) is 30.1 Å². The zero-order valence-corrected chi connectivity index (χ0v) is 13.4. The molecule has 2 amide bonds. The Kier molecular flexibility index (Phi) is 6.65. The number of hydrogen-bond donors (Lipinski definition) is 2. The molecule has 0 aliphatic heterocycles. The quantitative estimate of drug-likeness (QED) is 0.846. The first kappa shape index (κ1) is 17.5. The average Bonchev–Trinajstić information content (AvgIpc) is 2.44. The molecule has 0 aromatic heterocycles. The summed E-state index contributed by atoms with van der Waals surface area (Å²) in [6, 6.07) is 4.83. The number of anilines is 1. The molecule has 5 nitrogen and oxygen atoms in total. The van der Waals surface area contributed by atoms with Gasteiger partial charge in [0, 0.05) is 25.5 Å². The zero-order valence-electron chi connectivity index (χ0n) is 12.6. The van der Waals surface area contributed by atoms with Crippen molar-refractivity contribution in [2.45, 2.75) is 19.8 Å². The third-order valence-electron chi connectivity index (χ3n) is 3.16. The summed E-state index contributed by atoms with van der Waals surface area (Å²) in [5, 5.41) is 3.22. The Morgan fingerprint density at radius 2 is 2.05 bits per heavy atom. The van der Waals surface area contributed by atoms with Crippen molar-refractivity contribution in [1.29, 1.82) is 0 Å². The minimum atomic E-state index is -0.183. The van der Waals surface area contributed by atoms with Crippen LogP contribution in [0.15, 0.2) is 18.2 Å². The van der Waals surface area contributed by atoms with E-state index in [0.29, 0.717) is 35.7 Å². The van der Waals surface area contributed by atoms with Crippen LogP contribution in [0, 0.1) is 5.92 Å².